The van der Waals surface area contributed by atoms with Crippen LogP contribution < -0.4 is 0 Å². The summed E-state index contributed by atoms with van der Waals surface area (Å²) in [6.45, 7) is 0. The largest absolute Gasteiger partial charge is 0.392 e. The van der Waals surface area contributed by atoms with Crippen molar-refractivity contribution >= 4 is 23.4 Å². The molecule has 18 heavy (non-hydrogen) atoms. The molecule has 1 atom stereocenters. The molecule has 0 heterocycles. The first-order valence-electron chi connectivity index (χ1n) is 5.84. The molecule has 0 bridgehead atoms. The molecule has 2 rings (SSSR count). The molecule has 3 heteroatoms. The lowest BCUT2D eigenvalue weighted by Crippen LogP contribution is -2.13. The number of halogens is 1. The van der Waals surface area contributed by atoms with Gasteiger partial charge < -0.3 is 5.11 Å². The minimum Gasteiger partial charge on any atom is -0.392 e. The van der Waals surface area contributed by atoms with E-state index in [1.807, 2.05) is 54.6 Å². The summed E-state index contributed by atoms with van der Waals surface area (Å²) in [7, 11) is 0. The van der Waals surface area contributed by atoms with Crippen LogP contribution in [0, 0.1) is 0 Å². The summed E-state index contributed by atoms with van der Waals surface area (Å²) in [4.78, 5) is 1.09. The van der Waals surface area contributed by atoms with Crippen LogP contribution in [0.15, 0.2) is 59.5 Å². The third-order valence-corrected chi connectivity index (χ3v) is 3.93. The quantitative estimate of drug-likeness (QED) is 0.833. The lowest BCUT2D eigenvalue weighted by molar-refractivity contribution is 0.200. The Balaban J connectivity index is 1.83. The van der Waals surface area contributed by atoms with Gasteiger partial charge >= 0.3 is 0 Å². The van der Waals surface area contributed by atoms with Crippen LogP contribution >= 0.6 is 23.4 Å². The Morgan fingerprint density at radius 2 is 1.83 bits per heavy atom. The summed E-state index contributed by atoms with van der Waals surface area (Å²) in [5.74, 6) is 0.676. The van der Waals surface area contributed by atoms with Crippen molar-refractivity contribution in [2.24, 2.45) is 0 Å². The van der Waals surface area contributed by atoms with Crippen molar-refractivity contribution in [1.82, 2.24) is 0 Å². The number of rotatable bonds is 5. The Morgan fingerprint density at radius 3 is 2.56 bits per heavy atom. The number of aliphatic hydroxyl groups is 1. The SMILES string of the molecule is OC(CSc1cccc(Cl)c1)Cc1ccccc1. The fourth-order valence-corrected chi connectivity index (χ4v) is 2.84. The van der Waals surface area contributed by atoms with Crippen molar-refractivity contribution in [2.45, 2.75) is 17.4 Å². The number of hydrogen-bond donors (Lipinski definition) is 1. The number of aliphatic hydroxyl groups excluding tert-OH is 1. The van der Waals surface area contributed by atoms with Gasteiger partial charge in [-0.25, -0.2) is 0 Å². The van der Waals surface area contributed by atoms with Crippen LogP contribution in [-0.4, -0.2) is 17.0 Å². The van der Waals surface area contributed by atoms with Gasteiger partial charge in [0, 0.05) is 15.7 Å². The van der Waals surface area contributed by atoms with Gasteiger partial charge in [-0.05, 0) is 30.2 Å². The Labute approximate surface area is 117 Å². The normalized spacial score (nSPS) is 12.3. The molecule has 0 radical (unpaired) electrons. The maximum Gasteiger partial charge on any atom is 0.0674 e. The highest BCUT2D eigenvalue weighted by Gasteiger charge is 2.06. The van der Waals surface area contributed by atoms with E-state index in [-0.39, 0.29) is 6.10 Å². The van der Waals surface area contributed by atoms with Gasteiger partial charge in [0.15, 0.2) is 0 Å². The number of hydrogen-bond acceptors (Lipinski definition) is 2. The maximum atomic E-state index is 9.98. The van der Waals surface area contributed by atoms with Gasteiger partial charge in [0.05, 0.1) is 6.10 Å². The van der Waals surface area contributed by atoms with Gasteiger partial charge in [-0.2, -0.15) is 0 Å². The van der Waals surface area contributed by atoms with Crippen molar-refractivity contribution < 1.29 is 5.11 Å². The van der Waals surface area contributed by atoms with Crippen molar-refractivity contribution in [3.05, 3.63) is 65.2 Å². The highest BCUT2D eigenvalue weighted by molar-refractivity contribution is 7.99. The van der Waals surface area contributed by atoms with Gasteiger partial charge in [0.25, 0.3) is 0 Å². The average molecular weight is 279 g/mol. The Morgan fingerprint density at radius 1 is 1.06 bits per heavy atom. The highest BCUT2D eigenvalue weighted by Crippen LogP contribution is 2.22. The Kier molecular flexibility index (Phi) is 5.12. The molecule has 0 aliphatic rings. The molecule has 0 aromatic heterocycles. The smallest absolute Gasteiger partial charge is 0.0674 e. The van der Waals surface area contributed by atoms with E-state index >= 15 is 0 Å². The van der Waals surface area contributed by atoms with Crippen LogP contribution in [0.4, 0.5) is 0 Å². The summed E-state index contributed by atoms with van der Waals surface area (Å²) in [6, 6.07) is 17.7. The van der Waals surface area contributed by atoms with Crippen molar-refractivity contribution in [3.63, 3.8) is 0 Å². The predicted octanol–water partition coefficient (Wildman–Crippen LogP) is 4.04. The summed E-state index contributed by atoms with van der Waals surface area (Å²) in [6.07, 6.45) is 0.352. The van der Waals surface area contributed by atoms with Gasteiger partial charge in [0.1, 0.15) is 0 Å². The fraction of sp³-hybridized carbons (Fsp3) is 0.200. The third-order valence-electron chi connectivity index (χ3n) is 2.55. The molecule has 2 aromatic carbocycles. The molecule has 1 N–H and O–H groups in total. The average Bonchev–Trinajstić information content (AvgIpc) is 2.38. The van der Waals surface area contributed by atoms with Crippen LogP contribution in [0.25, 0.3) is 0 Å². The zero-order valence-corrected chi connectivity index (χ0v) is 11.5. The highest BCUT2D eigenvalue weighted by atomic mass is 35.5. The topological polar surface area (TPSA) is 20.2 Å². The van der Waals surface area contributed by atoms with E-state index in [0.717, 1.165) is 15.5 Å². The van der Waals surface area contributed by atoms with E-state index in [1.54, 1.807) is 11.8 Å². The standard InChI is InChI=1S/C15H15ClOS/c16-13-7-4-8-15(10-13)18-11-14(17)9-12-5-2-1-3-6-12/h1-8,10,14,17H,9,11H2. The molecule has 2 aromatic rings. The van der Waals surface area contributed by atoms with Crippen molar-refractivity contribution in [1.29, 1.82) is 0 Å². The van der Waals surface area contributed by atoms with Crippen LogP contribution in [0.5, 0.6) is 0 Å². The van der Waals surface area contributed by atoms with Gasteiger partial charge in [0.2, 0.25) is 0 Å². The van der Waals surface area contributed by atoms with Crippen molar-refractivity contribution in [3.8, 4) is 0 Å². The predicted molar refractivity (Wildman–Crippen MR) is 78.3 cm³/mol. The number of benzene rings is 2. The first-order valence-corrected chi connectivity index (χ1v) is 7.21. The van der Waals surface area contributed by atoms with Crippen LogP contribution in [0.3, 0.4) is 0 Å². The minimum absolute atomic E-state index is 0.337. The lowest BCUT2D eigenvalue weighted by atomic mass is 10.1. The first-order chi connectivity index (χ1) is 8.74. The molecule has 0 spiro atoms. The minimum atomic E-state index is -0.337. The Bertz CT molecular complexity index is 487. The molecule has 0 aliphatic heterocycles. The molecule has 0 saturated carbocycles. The van der Waals surface area contributed by atoms with Crippen LogP contribution in [0.2, 0.25) is 5.02 Å². The van der Waals surface area contributed by atoms with Crippen molar-refractivity contribution in [2.75, 3.05) is 5.75 Å². The molecule has 1 nitrogen and oxygen atoms in total. The van der Waals surface area contributed by atoms with E-state index < -0.39 is 0 Å². The second kappa shape index (κ2) is 6.83. The molecule has 0 amide bonds. The van der Waals surface area contributed by atoms with Crippen LogP contribution in [0.1, 0.15) is 5.56 Å². The summed E-state index contributed by atoms with van der Waals surface area (Å²) in [5.41, 5.74) is 1.16. The van der Waals surface area contributed by atoms with E-state index in [9.17, 15) is 5.11 Å². The molecular formula is C15H15ClOS. The Hall–Kier alpha value is -0.960. The van der Waals surface area contributed by atoms with E-state index in [1.165, 1.54) is 0 Å². The van der Waals surface area contributed by atoms with E-state index in [0.29, 0.717) is 12.2 Å². The summed E-state index contributed by atoms with van der Waals surface area (Å²) >= 11 is 7.54. The summed E-state index contributed by atoms with van der Waals surface area (Å²) < 4.78 is 0. The van der Waals surface area contributed by atoms with E-state index in [2.05, 4.69) is 0 Å². The third kappa shape index (κ3) is 4.37. The lowest BCUT2D eigenvalue weighted by Gasteiger charge is -2.10. The van der Waals surface area contributed by atoms with Gasteiger partial charge in [-0.1, -0.05) is 48.0 Å². The first kappa shape index (κ1) is 13.5. The zero-order valence-electron chi connectivity index (χ0n) is 9.92. The molecule has 1 unspecified atom stereocenters. The van der Waals surface area contributed by atoms with E-state index in [4.69, 9.17) is 11.6 Å². The molecule has 0 aliphatic carbocycles. The van der Waals surface area contributed by atoms with Gasteiger partial charge in [-0.3, -0.25) is 0 Å². The molecule has 0 saturated heterocycles. The second-order valence-corrected chi connectivity index (χ2v) is 5.64. The summed E-state index contributed by atoms with van der Waals surface area (Å²) in [5, 5.41) is 10.7. The second-order valence-electron chi connectivity index (χ2n) is 4.11. The molecule has 0 fully saturated rings. The van der Waals surface area contributed by atoms with Crippen LogP contribution in [-0.2, 0) is 6.42 Å². The number of thioether (sulfide) groups is 1. The zero-order chi connectivity index (χ0) is 12.8. The molecular weight excluding hydrogens is 264 g/mol. The fourth-order valence-electron chi connectivity index (χ4n) is 1.69. The molecule has 94 valence electrons. The maximum absolute atomic E-state index is 9.98. The van der Waals surface area contributed by atoms with Gasteiger partial charge in [-0.15, -0.1) is 11.8 Å². The monoisotopic (exact) mass is 278 g/mol.